The van der Waals surface area contributed by atoms with E-state index in [1.54, 1.807) is 48.5 Å². The highest BCUT2D eigenvalue weighted by molar-refractivity contribution is 7.92. The summed E-state index contributed by atoms with van der Waals surface area (Å²) in [6.45, 7) is 7.45. The minimum Gasteiger partial charge on any atom is -0.497 e. The zero-order valence-electron chi connectivity index (χ0n) is 17.0. The lowest BCUT2D eigenvalue weighted by atomic mass is 10.1. The number of aryl methyl sites for hydroxylation is 1. The van der Waals surface area contributed by atoms with E-state index in [1.807, 2.05) is 27.7 Å². The predicted octanol–water partition coefficient (Wildman–Crippen LogP) is 3.36. The van der Waals surface area contributed by atoms with E-state index in [4.69, 9.17) is 4.74 Å². The number of sulfonamides is 1. The van der Waals surface area contributed by atoms with E-state index in [-0.39, 0.29) is 29.3 Å². The van der Waals surface area contributed by atoms with Crippen LogP contribution in [0.15, 0.2) is 53.4 Å². The number of nitrogens with zero attached hydrogens (tertiary/aromatic N) is 1. The number of hydrogen-bond donors (Lipinski definition) is 1. The van der Waals surface area contributed by atoms with Gasteiger partial charge < -0.3 is 10.1 Å². The Hall–Kier alpha value is -2.54. The van der Waals surface area contributed by atoms with Gasteiger partial charge in [0.1, 0.15) is 12.3 Å². The molecule has 1 atom stereocenters. The summed E-state index contributed by atoms with van der Waals surface area (Å²) in [4.78, 5) is 12.7. The van der Waals surface area contributed by atoms with Crippen molar-refractivity contribution in [3.63, 3.8) is 0 Å². The van der Waals surface area contributed by atoms with Crippen molar-refractivity contribution >= 4 is 21.6 Å². The summed E-state index contributed by atoms with van der Waals surface area (Å²) in [5.74, 6) is 0.389. The highest BCUT2D eigenvalue weighted by atomic mass is 32.2. The SMILES string of the molecule is COc1cccc(N(CC(=O)N[C@@H](C)C(C)C)S(=O)(=O)c2ccc(C)cc2)c1. The van der Waals surface area contributed by atoms with Crippen molar-refractivity contribution in [3.05, 3.63) is 54.1 Å². The second-order valence-electron chi connectivity index (χ2n) is 7.13. The van der Waals surface area contributed by atoms with Crippen LogP contribution in [0.1, 0.15) is 26.3 Å². The van der Waals surface area contributed by atoms with Crippen molar-refractivity contribution in [1.29, 1.82) is 0 Å². The molecule has 0 fully saturated rings. The van der Waals surface area contributed by atoms with Gasteiger partial charge in [-0.1, -0.05) is 37.6 Å². The van der Waals surface area contributed by atoms with Gasteiger partial charge in [0.15, 0.2) is 0 Å². The molecule has 0 aliphatic carbocycles. The molecular formula is C21H28N2O4S. The quantitative estimate of drug-likeness (QED) is 0.732. The highest BCUT2D eigenvalue weighted by Gasteiger charge is 2.28. The lowest BCUT2D eigenvalue weighted by Crippen LogP contribution is -2.45. The molecule has 2 rings (SSSR count). The maximum Gasteiger partial charge on any atom is 0.264 e. The molecule has 0 aromatic heterocycles. The zero-order valence-corrected chi connectivity index (χ0v) is 17.8. The number of ether oxygens (including phenoxy) is 1. The summed E-state index contributed by atoms with van der Waals surface area (Å²) in [6.07, 6.45) is 0. The van der Waals surface area contributed by atoms with E-state index in [0.717, 1.165) is 9.87 Å². The summed E-state index contributed by atoms with van der Waals surface area (Å²) < 4.78 is 32.9. The van der Waals surface area contributed by atoms with E-state index < -0.39 is 10.0 Å². The Morgan fingerprint density at radius 1 is 1.11 bits per heavy atom. The molecule has 0 heterocycles. The molecule has 28 heavy (non-hydrogen) atoms. The highest BCUT2D eigenvalue weighted by Crippen LogP contribution is 2.27. The van der Waals surface area contributed by atoms with E-state index in [0.29, 0.717) is 11.4 Å². The van der Waals surface area contributed by atoms with Crippen LogP contribution in [0.4, 0.5) is 5.69 Å². The molecular weight excluding hydrogens is 376 g/mol. The Morgan fingerprint density at radius 2 is 1.75 bits per heavy atom. The Morgan fingerprint density at radius 3 is 2.32 bits per heavy atom. The number of anilines is 1. The van der Waals surface area contributed by atoms with E-state index in [2.05, 4.69) is 5.32 Å². The van der Waals surface area contributed by atoms with E-state index >= 15 is 0 Å². The normalized spacial score (nSPS) is 12.5. The summed E-state index contributed by atoms with van der Waals surface area (Å²) in [7, 11) is -2.42. The van der Waals surface area contributed by atoms with Gasteiger partial charge in [0.25, 0.3) is 10.0 Å². The summed E-state index contributed by atoms with van der Waals surface area (Å²) in [6, 6.07) is 13.2. The number of hydrogen-bond acceptors (Lipinski definition) is 4. The van der Waals surface area contributed by atoms with Crippen molar-refractivity contribution in [1.82, 2.24) is 5.32 Å². The first-order valence-corrected chi connectivity index (χ1v) is 10.6. The number of carbonyl (C=O) groups is 1. The standard InChI is InChI=1S/C21H28N2O4S/c1-15(2)17(4)22-21(24)14-23(18-7-6-8-19(13-18)27-5)28(25,26)20-11-9-16(3)10-12-20/h6-13,15,17H,14H2,1-5H3,(H,22,24)/t17-/m0/s1. The molecule has 152 valence electrons. The van der Waals surface area contributed by atoms with Crippen molar-refractivity contribution in [3.8, 4) is 5.75 Å². The molecule has 1 amide bonds. The van der Waals surface area contributed by atoms with Crippen LogP contribution in [-0.4, -0.2) is 34.0 Å². The number of amides is 1. The van der Waals surface area contributed by atoms with Crippen LogP contribution in [0.5, 0.6) is 5.75 Å². The second kappa shape index (κ2) is 9.10. The molecule has 0 saturated carbocycles. The fourth-order valence-electron chi connectivity index (χ4n) is 2.51. The van der Waals surface area contributed by atoms with E-state index in [1.165, 1.54) is 7.11 Å². The van der Waals surface area contributed by atoms with Crippen LogP contribution in [0.3, 0.4) is 0 Å². The first kappa shape index (κ1) is 21.8. The predicted molar refractivity (Wildman–Crippen MR) is 111 cm³/mol. The third-order valence-electron chi connectivity index (χ3n) is 4.63. The maximum absolute atomic E-state index is 13.3. The largest absolute Gasteiger partial charge is 0.497 e. The Balaban J connectivity index is 2.43. The van der Waals surface area contributed by atoms with Gasteiger partial charge >= 0.3 is 0 Å². The summed E-state index contributed by atoms with van der Waals surface area (Å²) in [5.41, 5.74) is 1.32. The van der Waals surface area contributed by atoms with Crippen molar-refractivity contribution in [2.45, 2.75) is 38.6 Å². The van der Waals surface area contributed by atoms with Crippen molar-refractivity contribution < 1.29 is 17.9 Å². The molecule has 6 nitrogen and oxygen atoms in total. The second-order valence-corrected chi connectivity index (χ2v) is 8.99. The molecule has 2 aromatic rings. The molecule has 0 bridgehead atoms. The Kier molecular flexibility index (Phi) is 7.07. The number of methoxy groups -OCH3 is 1. The smallest absolute Gasteiger partial charge is 0.264 e. The third-order valence-corrected chi connectivity index (χ3v) is 6.41. The molecule has 7 heteroatoms. The van der Waals surface area contributed by atoms with Crippen LogP contribution in [-0.2, 0) is 14.8 Å². The molecule has 0 unspecified atom stereocenters. The number of carbonyl (C=O) groups excluding carboxylic acids is 1. The number of nitrogens with one attached hydrogen (secondary N) is 1. The van der Waals surface area contributed by atoms with Gasteiger partial charge in [0.05, 0.1) is 17.7 Å². The molecule has 0 radical (unpaired) electrons. The maximum atomic E-state index is 13.3. The summed E-state index contributed by atoms with van der Waals surface area (Å²) >= 11 is 0. The lowest BCUT2D eigenvalue weighted by Gasteiger charge is -2.26. The van der Waals surface area contributed by atoms with Crippen molar-refractivity contribution in [2.75, 3.05) is 18.0 Å². The Bertz CT molecular complexity index is 908. The zero-order chi connectivity index (χ0) is 20.9. The van der Waals surface area contributed by atoms with Crippen molar-refractivity contribution in [2.24, 2.45) is 5.92 Å². The monoisotopic (exact) mass is 404 g/mol. The average molecular weight is 405 g/mol. The molecule has 1 N–H and O–H groups in total. The fourth-order valence-corrected chi connectivity index (χ4v) is 3.93. The van der Waals surface area contributed by atoms with Gasteiger partial charge in [-0.05, 0) is 44.0 Å². The van der Waals surface area contributed by atoms with Gasteiger partial charge in [-0.15, -0.1) is 0 Å². The lowest BCUT2D eigenvalue weighted by molar-refractivity contribution is -0.120. The fraction of sp³-hybridized carbons (Fsp3) is 0.381. The minimum atomic E-state index is -3.93. The first-order chi connectivity index (χ1) is 13.1. The molecule has 0 spiro atoms. The minimum absolute atomic E-state index is 0.0678. The van der Waals surface area contributed by atoms with Crippen LogP contribution < -0.4 is 14.4 Å². The van der Waals surface area contributed by atoms with Crippen LogP contribution >= 0.6 is 0 Å². The number of rotatable bonds is 8. The van der Waals surface area contributed by atoms with Gasteiger partial charge in [-0.2, -0.15) is 0 Å². The van der Waals surface area contributed by atoms with E-state index in [9.17, 15) is 13.2 Å². The molecule has 0 aliphatic heterocycles. The van der Waals surface area contributed by atoms with Crippen LogP contribution in [0.2, 0.25) is 0 Å². The van der Waals surface area contributed by atoms with Gasteiger partial charge in [0.2, 0.25) is 5.91 Å². The number of benzene rings is 2. The van der Waals surface area contributed by atoms with Crippen LogP contribution in [0.25, 0.3) is 0 Å². The topological polar surface area (TPSA) is 75.7 Å². The molecule has 0 saturated heterocycles. The first-order valence-electron chi connectivity index (χ1n) is 9.18. The summed E-state index contributed by atoms with van der Waals surface area (Å²) in [5, 5.41) is 2.86. The Labute approximate surface area is 167 Å². The van der Waals surface area contributed by atoms with Gasteiger partial charge in [-0.25, -0.2) is 8.42 Å². The van der Waals surface area contributed by atoms with Gasteiger partial charge in [-0.3, -0.25) is 9.10 Å². The molecule has 2 aromatic carbocycles. The average Bonchev–Trinajstić information content (AvgIpc) is 2.66. The molecule has 0 aliphatic rings. The van der Waals surface area contributed by atoms with Crippen LogP contribution in [0, 0.1) is 12.8 Å². The third kappa shape index (κ3) is 5.25. The van der Waals surface area contributed by atoms with Gasteiger partial charge in [0, 0.05) is 12.1 Å².